The SMILES string of the molecule is CCc1ccc(-c2ccc(Cl)c(F)c2)cc1C1=C(O)C2CCC(C2)C1=O. The fourth-order valence-electron chi connectivity index (χ4n) is 4.25. The Labute approximate surface area is 157 Å². The summed E-state index contributed by atoms with van der Waals surface area (Å²) in [6.07, 6.45) is 3.23. The monoisotopic (exact) mass is 370 g/mol. The number of Topliss-reactive ketones (excluding diaryl/α,β-unsaturated/α-hetero) is 1. The van der Waals surface area contributed by atoms with Gasteiger partial charge in [0.25, 0.3) is 0 Å². The first-order valence-electron chi connectivity index (χ1n) is 9.05. The van der Waals surface area contributed by atoms with Crippen molar-refractivity contribution in [1.82, 2.24) is 0 Å². The normalized spacial score (nSPS) is 22.2. The van der Waals surface area contributed by atoms with E-state index >= 15 is 0 Å². The fraction of sp³-hybridized carbons (Fsp3) is 0.318. The van der Waals surface area contributed by atoms with Crippen LogP contribution >= 0.6 is 11.6 Å². The number of aliphatic hydroxyl groups excluding tert-OH is 1. The first-order valence-corrected chi connectivity index (χ1v) is 9.43. The molecule has 2 aromatic carbocycles. The van der Waals surface area contributed by atoms with Crippen molar-refractivity contribution in [3.63, 3.8) is 0 Å². The Kier molecular flexibility index (Phi) is 4.36. The van der Waals surface area contributed by atoms with E-state index in [1.807, 2.05) is 25.1 Å². The molecule has 2 aromatic rings. The van der Waals surface area contributed by atoms with Gasteiger partial charge in [0.05, 0.1) is 10.6 Å². The molecule has 4 rings (SSSR count). The summed E-state index contributed by atoms with van der Waals surface area (Å²) >= 11 is 5.79. The molecule has 0 heterocycles. The molecule has 2 bridgehead atoms. The Morgan fingerprint density at radius 1 is 1.12 bits per heavy atom. The zero-order chi connectivity index (χ0) is 18.4. The van der Waals surface area contributed by atoms with Crippen molar-refractivity contribution in [1.29, 1.82) is 0 Å². The van der Waals surface area contributed by atoms with E-state index in [2.05, 4.69) is 0 Å². The molecule has 2 unspecified atom stereocenters. The summed E-state index contributed by atoms with van der Waals surface area (Å²) in [6, 6.07) is 10.5. The third-order valence-electron chi connectivity index (χ3n) is 5.71. The van der Waals surface area contributed by atoms with Crippen LogP contribution in [0.2, 0.25) is 5.02 Å². The van der Waals surface area contributed by atoms with Gasteiger partial charge in [-0.15, -0.1) is 0 Å². The molecule has 134 valence electrons. The largest absolute Gasteiger partial charge is 0.511 e. The molecule has 1 N–H and O–H groups in total. The van der Waals surface area contributed by atoms with Crippen LogP contribution in [-0.2, 0) is 11.2 Å². The number of hydrogen-bond donors (Lipinski definition) is 1. The zero-order valence-corrected chi connectivity index (χ0v) is 15.3. The van der Waals surface area contributed by atoms with Crippen molar-refractivity contribution in [2.75, 3.05) is 0 Å². The van der Waals surface area contributed by atoms with Crippen molar-refractivity contribution in [3.8, 4) is 11.1 Å². The lowest BCUT2D eigenvalue weighted by Crippen LogP contribution is -2.22. The number of carbonyl (C=O) groups excluding carboxylic acids is 1. The number of rotatable bonds is 3. The maximum Gasteiger partial charge on any atom is 0.169 e. The summed E-state index contributed by atoms with van der Waals surface area (Å²) < 4.78 is 13.9. The van der Waals surface area contributed by atoms with Gasteiger partial charge < -0.3 is 5.11 Å². The molecule has 0 aliphatic heterocycles. The molecule has 2 atom stereocenters. The zero-order valence-electron chi connectivity index (χ0n) is 14.6. The predicted molar refractivity (Wildman–Crippen MR) is 102 cm³/mol. The minimum atomic E-state index is -0.473. The van der Waals surface area contributed by atoms with Crippen molar-refractivity contribution in [2.45, 2.75) is 32.6 Å². The number of ketones is 1. The Morgan fingerprint density at radius 3 is 2.54 bits per heavy atom. The maximum absolute atomic E-state index is 13.9. The number of aryl methyl sites for hydroxylation is 1. The lowest BCUT2D eigenvalue weighted by Gasteiger charge is -2.23. The van der Waals surface area contributed by atoms with Crippen LogP contribution in [0, 0.1) is 17.7 Å². The first kappa shape index (κ1) is 17.3. The van der Waals surface area contributed by atoms with E-state index in [9.17, 15) is 14.3 Å². The standard InChI is InChI=1S/C22H20ClFO2/c1-2-12-3-4-13(14-7-8-18(23)19(24)11-14)10-17(12)20-21(25)15-5-6-16(9-15)22(20)26/h3-4,7-8,10-11,15-16,25H,2,5-6,9H2,1H3. The summed E-state index contributed by atoms with van der Waals surface area (Å²) in [5.41, 5.74) is 3.76. The van der Waals surface area contributed by atoms with Crippen molar-refractivity contribution in [3.05, 3.63) is 64.1 Å². The van der Waals surface area contributed by atoms with E-state index in [4.69, 9.17) is 11.6 Å². The Bertz CT molecular complexity index is 932. The van der Waals surface area contributed by atoms with Crippen LogP contribution in [0.15, 0.2) is 42.2 Å². The molecule has 0 aromatic heterocycles. The molecule has 2 aliphatic carbocycles. The molecule has 2 aliphatic rings. The van der Waals surface area contributed by atoms with E-state index < -0.39 is 5.82 Å². The van der Waals surface area contributed by atoms with Crippen LogP contribution in [0.3, 0.4) is 0 Å². The van der Waals surface area contributed by atoms with Gasteiger partial charge in [0.15, 0.2) is 5.78 Å². The van der Waals surface area contributed by atoms with Gasteiger partial charge >= 0.3 is 0 Å². The van der Waals surface area contributed by atoms with Crippen LogP contribution < -0.4 is 0 Å². The van der Waals surface area contributed by atoms with Crippen LogP contribution in [-0.4, -0.2) is 10.9 Å². The van der Waals surface area contributed by atoms with Crippen LogP contribution in [0.4, 0.5) is 4.39 Å². The Balaban J connectivity index is 1.87. The van der Waals surface area contributed by atoms with Crippen LogP contribution in [0.25, 0.3) is 16.7 Å². The lowest BCUT2D eigenvalue weighted by atomic mass is 9.81. The van der Waals surface area contributed by atoms with Gasteiger partial charge in [0.2, 0.25) is 0 Å². The number of benzene rings is 2. The highest BCUT2D eigenvalue weighted by atomic mass is 35.5. The van der Waals surface area contributed by atoms with E-state index in [-0.39, 0.29) is 28.4 Å². The van der Waals surface area contributed by atoms with Crippen LogP contribution in [0.1, 0.15) is 37.3 Å². The second-order valence-electron chi connectivity index (χ2n) is 7.19. The molecule has 0 amide bonds. The van der Waals surface area contributed by atoms with Crippen molar-refractivity contribution < 1.29 is 14.3 Å². The number of fused-ring (bicyclic) bond motifs is 2. The smallest absolute Gasteiger partial charge is 0.169 e. The molecule has 0 radical (unpaired) electrons. The molecular weight excluding hydrogens is 351 g/mol. The fourth-order valence-corrected chi connectivity index (χ4v) is 4.36. The third-order valence-corrected chi connectivity index (χ3v) is 6.01. The highest BCUT2D eigenvalue weighted by Crippen LogP contribution is 2.46. The highest BCUT2D eigenvalue weighted by molar-refractivity contribution is 6.30. The van der Waals surface area contributed by atoms with E-state index in [0.717, 1.165) is 42.4 Å². The first-order chi connectivity index (χ1) is 12.5. The number of aliphatic hydroxyl groups is 1. The van der Waals surface area contributed by atoms with E-state index in [1.165, 1.54) is 12.1 Å². The quantitative estimate of drug-likeness (QED) is 0.721. The lowest BCUT2D eigenvalue weighted by molar-refractivity contribution is -0.117. The highest BCUT2D eigenvalue weighted by Gasteiger charge is 2.41. The van der Waals surface area contributed by atoms with Gasteiger partial charge in [-0.3, -0.25) is 4.79 Å². The van der Waals surface area contributed by atoms with Crippen LogP contribution in [0.5, 0.6) is 0 Å². The average Bonchev–Trinajstić information content (AvgIpc) is 3.10. The minimum absolute atomic E-state index is 0.0206. The van der Waals surface area contributed by atoms with Crippen molar-refractivity contribution in [2.24, 2.45) is 11.8 Å². The predicted octanol–water partition coefficient (Wildman–Crippen LogP) is 5.98. The van der Waals surface area contributed by atoms with E-state index in [1.54, 1.807) is 6.07 Å². The van der Waals surface area contributed by atoms with Gasteiger partial charge in [-0.2, -0.15) is 0 Å². The molecular formula is C22H20ClFO2. The second kappa shape index (κ2) is 6.55. The minimum Gasteiger partial charge on any atom is -0.511 e. The topological polar surface area (TPSA) is 37.3 Å². The average molecular weight is 371 g/mol. The summed E-state index contributed by atoms with van der Waals surface area (Å²) in [6.45, 7) is 2.03. The van der Waals surface area contributed by atoms with E-state index in [0.29, 0.717) is 11.1 Å². The molecule has 0 spiro atoms. The van der Waals surface area contributed by atoms with Gasteiger partial charge in [-0.1, -0.05) is 36.7 Å². The number of allylic oxidation sites excluding steroid dienone is 2. The molecule has 0 saturated heterocycles. The van der Waals surface area contributed by atoms with Gasteiger partial charge in [0.1, 0.15) is 11.6 Å². The maximum atomic E-state index is 13.9. The summed E-state index contributed by atoms with van der Waals surface area (Å²) in [7, 11) is 0. The Morgan fingerprint density at radius 2 is 1.81 bits per heavy atom. The third kappa shape index (κ3) is 2.75. The molecule has 26 heavy (non-hydrogen) atoms. The Hall–Kier alpha value is -2.13. The van der Waals surface area contributed by atoms with Gasteiger partial charge in [-0.25, -0.2) is 4.39 Å². The number of hydrogen-bond acceptors (Lipinski definition) is 2. The summed E-state index contributed by atoms with van der Waals surface area (Å²) in [5.74, 6) is -0.0799. The molecule has 4 heteroatoms. The second-order valence-corrected chi connectivity index (χ2v) is 7.59. The van der Waals surface area contributed by atoms with Crippen molar-refractivity contribution >= 4 is 23.0 Å². The summed E-state index contributed by atoms with van der Waals surface area (Å²) in [4.78, 5) is 12.9. The molecule has 2 nitrogen and oxygen atoms in total. The van der Waals surface area contributed by atoms with Gasteiger partial charge in [-0.05, 0) is 66.1 Å². The summed E-state index contributed by atoms with van der Waals surface area (Å²) in [5, 5.41) is 10.8. The number of carbonyl (C=O) groups is 1. The van der Waals surface area contributed by atoms with Gasteiger partial charge in [0, 0.05) is 11.8 Å². The molecule has 1 fully saturated rings. The number of halogens is 2. The molecule has 1 saturated carbocycles.